The quantitative estimate of drug-likeness (QED) is 0.495. The minimum absolute atomic E-state index is 0.205. The van der Waals surface area contributed by atoms with Crippen molar-refractivity contribution >= 4 is 17.1 Å². The second-order valence-corrected chi connectivity index (χ2v) is 5.49. The fraction of sp³-hybridized carbons (Fsp3) is 0.200. The van der Waals surface area contributed by atoms with Gasteiger partial charge in [0.05, 0.1) is 31.8 Å². The highest BCUT2D eigenvalue weighted by atomic mass is 16.7. The van der Waals surface area contributed by atoms with E-state index >= 15 is 0 Å². The fourth-order valence-electron chi connectivity index (χ4n) is 2.62. The molecule has 0 unspecified atom stereocenters. The van der Waals surface area contributed by atoms with Crippen LogP contribution in [0.2, 0.25) is 0 Å². The van der Waals surface area contributed by atoms with Gasteiger partial charge in [0.15, 0.2) is 16.9 Å². The molecular weight excluding hydrogens is 352 g/mol. The Morgan fingerprint density at radius 2 is 1.81 bits per heavy atom. The van der Waals surface area contributed by atoms with Crippen molar-refractivity contribution in [3.63, 3.8) is 0 Å². The summed E-state index contributed by atoms with van der Waals surface area (Å²) in [5.41, 5.74) is 1.09. The maximum absolute atomic E-state index is 12.9. The van der Waals surface area contributed by atoms with Crippen LogP contribution >= 0.6 is 0 Å². The Bertz CT molecular complexity index is 1040. The predicted molar refractivity (Wildman–Crippen MR) is 98.7 cm³/mol. The van der Waals surface area contributed by atoms with Crippen molar-refractivity contribution in [1.29, 1.82) is 0 Å². The van der Waals surface area contributed by atoms with E-state index in [9.17, 15) is 9.59 Å². The van der Waals surface area contributed by atoms with E-state index in [0.717, 1.165) is 0 Å². The molecule has 0 N–H and O–H groups in total. The molecule has 0 aliphatic rings. The first-order chi connectivity index (χ1) is 13.1. The van der Waals surface area contributed by atoms with Crippen molar-refractivity contribution < 1.29 is 28.2 Å². The lowest BCUT2D eigenvalue weighted by Gasteiger charge is -2.10. The molecule has 0 aliphatic heterocycles. The summed E-state index contributed by atoms with van der Waals surface area (Å²) in [5, 5.41) is 0.360. The first kappa shape index (κ1) is 18.3. The summed E-state index contributed by atoms with van der Waals surface area (Å²) in [7, 11) is 3.06. The van der Waals surface area contributed by atoms with E-state index in [1.165, 1.54) is 32.6 Å². The zero-order valence-electron chi connectivity index (χ0n) is 15.1. The highest BCUT2D eigenvalue weighted by Gasteiger charge is 2.14. The van der Waals surface area contributed by atoms with Crippen molar-refractivity contribution in [3.05, 3.63) is 52.9 Å². The highest BCUT2D eigenvalue weighted by Crippen LogP contribution is 2.32. The lowest BCUT2D eigenvalue weighted by molar-refractivity contribution is 0.104. The van der Waals surface area contributed by atoms with Crippen LogP contribution in [0.25, 0.3) is 22.1 Å². The van der Waals surface area contributed by atoms with Crippen molar-refractivity contribution in [3.8, 4) is 28.4 Å². The molecule has 1 heterocycles. The number of fused-ring (bicyclic) bond motifs is 1. The van der Waals surface area contributed by atoms with E-state index in [-0.39, 0.29) is 17.8 Å². The van der Waals surface area contributed by atoms with E-state index < -0.39 is 6.16 Å². The summed E-state index contributed by atoms with van der Waals surface area (Å²) in [5.74, 6) is 1.29. The van der Waals surface area contributed by atoms with Crippen LogP contribution in [0.4, 0.5) is 4.79 Å². The molecule has 3 aromatic rings. The lowest BCUT2D eigenvalue weighted by atomic mass is 10.0. The van der Waals surface area contributed by atoms with Crippen LogP contribution in [0, 0.1) is 0 Å². The van der Waals surface area contributed by atoms with Crippen LogP contribution in [0.1, 0.15) is 6.92 Å². The van der Waals surface area contributed by atoms with Crippen LogP contribution in [0.5, 0.6) is 17.2 Å². The van der Waals surface area contributed by atoms with E-state index in [1.807, 2.05) is 0 Å². The van der Waals surface area contributed by atoms with Gasteiger partial charge in [-0.1, -0.05) is 6.07 Å². The molecule has 27 heavy (non-hydrogen) atoms. The molecule has 7 nitrogen and oxygen atoms in total. The van der Waals surface area contributed by atoms with Crippen LogP contribution < -0.4 is 19.6 Å². The topological polar surface area (TPSA) is 84.2 Å². The monoisotopic (exact) mass is 370 g/mol. The van der Waals surface area contributed by atoms with Crippen molar-refractivity contribution in [2.24, 2.45) is 0 Å². The van der Waals surface area contributed by atoms with Crippen LogP contribution in [-0.4, -0.2) is 27.0 Å². The second-order valence-electron chi connectivity index (χ2n) is 5.49. The van der Waals surface area contributed by atoms with Gasteiger partial charge in [0.25, 0.3) is 0 Å². The number of carbonyl (C=O) groups excluding carboxylic acids is 1. The summed E-state index contributed by atoms with van der Waals surface area (Å²) in [4.78, 5) is 24.3. The molecule has 3 rings (SSSR count). The largest absolute Gasteiger partial charge is 0.513 e. The van der Waals surface area contributed by atoms with Crippen LogP contribution in [0.15, 0.2) is 51.9 Å². The molecule has 0 radical (unpaired) electrons. The number of benzene rings is 2. The predicted octanol–water partition coefficient (Wildman–Crippen LogP) is 4.01. The summed E-state index contributed by atoms with van der Waals surface area (Å²) in [6.45, 7) is 1.88. The molecule has 0 saturated heterocycles. The zero-order valence-corrected chi connectivity index (χ0v) is 15.1. The third-order valence-corrected chi connectivity index (χ3v) is 3.90. The maximum Gasteiger partial charge on any atom is 0.513 e. The molecule has 140 valence electrons. The number of hydrogen-bond acceptors (Lipinski definition) is 7. The normalized spacial score (nSPS) is 10.5. The molecule has 0 aliphatic carbocycles. The molecule has 0 amide bonds. The third kappa shape index (κ3) is 3.72. The van der Waals surface area contributed by atoms with Gasteiger partial charge >= 0.3 is 6.16 Å². The van der Waals surface area contributed by atoms with Crippen LogP contribution in [0.3, 0.4) is 0 Å². The number of hydrogen-bond donors (Lipinski definition) is 0. The van der Waals surface area contributed by atoms with Gasteiger partial charge in [-0.25, -0.2) is 4.79 Å². The number of ether oxygens (including phenoxy) is 4. The summed E-state index contributed by atoms with van der Waals surface area (Å²) in [6, 6.07) is 9.68. The molecular formula is C20H18O7. The Morgan fingerprint density at radius 3 is 2.52 bits per heavy atom. The molecule has 2 aromatic carbocycles. The molecule has 0 bridgehead atoms. The first-order valence-electron chi connectivity index (χ1n) is 8.20. The Morgan fingerprint density at radius 1 is 1.04 bits per heavy atom. The summed E-state index contributed by atoms with van der Waals surface area (Å²) in [6.07, 6.45) is 0.543. The maximum atomic E-state index is 12.9. The fourth-order valence-corrected chi connectivity index (χ4v) is 2.62. The van der Waals surface area contributed by atoms with Gasteiger partial charge in [-0.15, -0.1) is 0 Å². The minimum Gasteiger partial charge on any atom is -0.493 e. The van der Waals surface area contributed by atoms with E-state index in [4.69, 9.17) is 23.4 Å². The Labute approximate surface area is 155 Å². The standard InChI is InChI=1S/C20H18O7/c1-4-25-20(22)27-13-6-7-14-17(10-13)26-11-15(19(14)21)12-5-8-16(23-2)18(9-12)24-3/h5-11H,4H2,1-3H3. The Balaban J connectivity index is 2.01. The lowest BCUT2D eigenvalue weighted by Crippen LogP contribution is -2.10. The molecule has 0 atom stereocenters. The average molecular weight is 370 g/mol. The average Bonchev–Trinajstić information content (AvgIpc) is 2.68. The van der Waals surface area contributed by atoms with Gasteiger partial charge in [-0.2, -0.15) is 0 Å². The zero-order chi connectivity index (χ0) is 19.4. The van der Waals surface area contributed by atoms with Crippen molar-refractivity contribution in [2.45, 2.75) is 6.92 Å². The van der Waals surface area contributed by atoms with E-state index in [0.29, 0.717) is 33.6 Å². The summed E-state index contributed by atoms with van der Waals surface area (Å²) < 4.78 is 25.8. The highest BCUT2D eigenvalue weighted by molar-refractivity contribution is 5.83. The van der Waals surface area contributed by atoms with Gasteiger partial charge in [0, 0.05) is 6.07 Å². The molecule has 1 aromatic heterocycles. The van der Waals surface area contributed by atoms with Gasteiger partial charge in [-0.05, 0) is 36.8 Å². The third-order valence-electron chi connectivity index (χ3n) is 3.90. The Kier molecular flexibility index (Phi) is 5.30. The molecule has 7 heteroatoms. The van der Waals surface area contributed by atoms with Gasteiger partial charge in [-0.3, -0.25) is 4.79 Å². The molecule has 0 saturated carbocycles. The second kappa shape index (κ2) is 7.82. The summed E-state index contributed by atoms with van der Waals surface area (Å²) >= 11 is 0. The SMILES string of the molecule is CCOC(=O)Oc1ccc2c(=O)c(-c3ccc(OC)c(OC)c3)coc2c1. The number of methoxy groups -OCH3 is 2. The smallest absolute Gasteiger partial charge is 0.493 e. The van der Waals surface area contributed by atoms with E-state index in [2.05, 4.69) is 0 Å². The number of rotatable bonds is 5. The van der Waals surface area contributed by atoms with Crippen molar-refractivity contribution in [2.75, 3.05) is 20.8 Å². The molecule has 0 spiro atoms. The number of carbonyl (C=O) groups is 1. The minimum atomic E-state index is -0.818. The first-order valence-corrected chi connectivity index (χ1v) is 8.20. The Hall–Kier alpha value is -3.48. The molecule has 0 fully saturated rings. The van der Waals surface area contributed by atoms with Gasteiger partial charge in [0.2, 0.25) is 0 Å². The van der Waals surface area contributed by atoms with E-state index in [1.54, 1.807) is 31.2 Å². The van der Waals surface area contributed by atoms with Gasteiger partial charge in [0.1, 0.15) is 17.6 Å². The van der Waals surface area contributed by atoms with Crippen molar-refractivity contribution in [1.82, 2.24) is 0 Å². The van der Waals surface area contributed by atoms with Gasteiger partial charge < -0.3 is 23.4 Å². The van der Waals surface area contributed by atoms with Crippen LogP contribution in [-0.2, 0) is 4.74 Å².